The Labute approximate surface area is 199 Å². The molecule has 1 atom stereocenters. The highest BCUT2D eigenvalue weighted by Gasteiger charge is 2.31. The van der Waals surface area contributed by atoms with Gasteiger partial charge in [0.15, 0.2) is 0 Å². The zero-order valence-corrected chi connectivity index (χ0v) is 20.0. The van der Waals surface area contributed by atoms with E-state index < -0.39 is 6.04 Å². The fraction of sp³-hybridized carbons (Fsp3) is 0.370. The van der Waals surface area contributed by atoms with Gasteiger partial charge in [0.05, 0.1) is 18.2 Å². The first-order valence-electron chi connectivity index (χ1n) is 11.8. The summed E-state index contributed by atoms with van der Waals surface area (Å²) in [6.07, 6.45) is 0. The van der Waals surface area contributed by atoms with Crippen molar-refractivity contribution in [3.63, 3.8) is 0 Å². The molecule has 34 heavy (non-hydrogen) atoms. The molecule has 0 amide bonds. The Morgan fingerprint density at radius 1 is 1.00 bits per heavy atom. The van der Waals surface area contributed by atoms with Crippen LogP contribution in [0.3, 0.4) is 0 Å². The Morgan fingerprint density at radius 2 is 1.65 bits per heavy atom. The number of pyridine rings is 1. The Morgan fingerprint density at radius 3 is 2.24 bits per heavy atom. The molecule has 180 valence electrons. The summed E-state index contributed by atoms with van der Waals surface area (Å²) in [4.78, 5) is 17.9. The number of ether oxygens (including phenoxy) is 1. The van der Waals surface area contributed by atoms with Gasteiger partial charge in [-0.1, -0.05) is 12.1 Å². The zero-order chi connectivity index (χ0) is 24.2. The van der Waals surface area contributed by atoms with E-state index in [0.717, 1.165) is 35.8 Å². The van der Waals surface area contributed by atoms with Crippen molar-refractivity contribution in [2.75, 3.05) is 37.7 Å². The quantitative estimate of drug-likeness (QED) is 0.563. The number of piperazine rings is 1. The number of hydrogen-bond acceptors (Lipinski definition) is 5. The van der Waals surface area contributed by atoms with E-state index in [-0.39, 0.29) is 17.1 Å². The minimum atomic E-state index is -0.392. The normalized spacial score (nSPS) is 15.4. The van der Waals surface area contributed by atoms with Crippen molar-refractivity contribution in [1.82, 2.24) is 9.47 Å². The lowest BCUT2D eigenvalue weighted by atomic mass is 9.95. The van der Waals surface area contributed by atoms with Crippen LogP contribution in [-0.4, -0.2) is 47.4 Å². The summed E-state index contributed by atoms with van der Waals surface area (Å²) in [5.74, 6) is 0.539. The highest BCUT2D eigenvalue weighted by molar-refractivity contribution is 5.47. The van der Waals surface area contributed by atoms with Gasteiger partial charge in [0.25, 0.3) is 5.56 Å². The first kappa shape index (κ1) is 23.8. The fourth-order valence-corrected chi connectivity index (χ4v) is 4.78. The van der Waals surface area contributed by atoms with E-state index in [9.17, 15) is 14.3 Å². The van der Waals surface area contributed by atoms with Gasteiger partial charge in [0.2, 0.25) is 0 Å². The number of aromatic nitrogens is 1. The Bertz CT molecular complexity index is 1170. The average molecular weight is 466 g/mol. The van der Waals surface area contributed by atoms with E-state index in [4.69, 9.17) is 4.74 Å². The van der Waals surface area contributed by atoms with E-state index in [0.29, 0.717) is 31.8 Å². The molecule has 0 radical (unpaired) electrons. The molecular formula is C27H32FN3O3. The van der Waals surface area contributed by atoms with Gasteiger partial charge in [0, 0.05) is 44.1 Å². The molecule has 4 rings (SSSR count). The summed E-state index contributed by atoms with van der Waals surface area (Å²) in [7, 11) is 0. The molecule has 0 bridgehead atoms. The smallest absolute Gasteiger partial charge is 0.259 e. The second-order valence-corrected chi connectivity index (χ2v) is 8.54. The minimum Gasteiger partial charge on any atom is -0.507 e. The lowest BCUT2D eigenvalue weighted by molar-refractivity contribution is 0.207. The molecule has 6 nitrogen and oxygen atoms in total. The van der Waals surface area contributed by atoms with Gasteiger partial charge in [-0.25, -0.2) is 4.39 Å². The second-order valence-electron chi connectivity index (χ2n) is 8.54. The van der Waals surface area contributed by atoms with Crippen LogP contribution >= 0.6 is 0 Å². The van der Waals surface area contributed by atoms with Crippen LogP contribution in [0.2, 0.25) is 0 Å². The van der Waals surface area contributed by atoms with Gasteiger partial charge in [-0.2, -0.15) is 0 Å². The first-order valence-corrected chi connectivity index (χ1v) is 11.8. The lowest BCUT2D eigenvalue weighted by Gasteiger charge is -2.40. The SMILES string of the molecule is CCOc1ccc([C@H](c2c(O)cc(C)n(CC)c2=O)N2CCN(c3ccc(F)cc3)CC2)cc1. The highest BCUT2D eigenvalue weighted by Crippen LogP contribution is 2.34. The molecule has 1 N–H and O–H groups in total. The van der Waals surface area contributed by atoms with Crippen molar-refractivity contribution >= 4 is 5.69 Å². The van der Waals surface area contributed by atoms with Crippen molar-refractivity contribution in [1.29, 1.82) is 0 Å². The van der Waals surface area contributed by atoms with Crippen LogP contribution in [-0.2, 0) is 6.54 Å². The number of halogens is 1. The van der Waals surface area contributed by atoms with E-state index in [1.54, 1.807) is 22.8 Å². The molecule has 7 heteroatoms. The maximum Gasteiger partial charge on any atom is 0.259 e. The molecule has 1 aromatic heterocycles. The summed E-state index contributed by atoms with van der Waals surface area (Å²) in [5, 5.41) is 10.9. The predicted molar refractivity (Wildman–Crippen MR) is 132 cm³/mol. The molecule has 0 aliphatic carbocycles. The molecule has 2 heterocycles. The third-order valence-electron chi connectivity index (χ3n) is 6.49. The summed E-state index contributed by atoms with van der Waals surface area (Å²) < 4.78 is 20.6. The molecule has 3 aromatic rings. The molecule has 1 fully saturated rings. The predicted octanol–water partition coefficient (Wildman–Crippen LogP) is 4.33. The van der Waals surface area contributed by atoms with E-state index in [1.807, 2.05) is 45.0 Å². The molecule has 0 spiro atoms. The maximum atomic E-state index is 13.5. The lowest BCUT2D eigenvalue weighted by Crippen LogP contribution is -2.49. The molecule has 1 aliphatic rings. The highest BCUT2D eigenvalue weighted by atomic mass is 19.1. The van der Waals surface area contributed by atoms with Crippen molar-refractivity contribution in [2.45, 2.75) is 33.4 Å². The monoisotopic (exact) mass is 465 g/mol. The van der Waals surface area contributed by atoms with Crippen LogP contribution in [0.15, 0.2) is 59.4 Å². The Balaban J connectivity index is 1.70. The summed E-state index contributed by atoms with van der Waals surface area (Å²) in [6, 6.07) is 15.6. The van der Waals surface area contributed by atoms with Crippen molar-refractivity contribution in [2.24, 2.45) is 0 Å². The Kier molecular flexibility index (Phi) is 7.22. The Hall–Kier alpha value is -3.32. The number of aromatic hydroxyl groups is 1. The van der Waals surface area contributed by atoms with Gasteiger partial charge >= 0.3 is 0 Å². The number of benzene rings is 2. The molecule has 1 aliphatic heterocycles. The van der Waals surface area contributed by atoms with Crippen LogP contribution in [0.4, 0.5) is 10.1 Å². The van der Waals surface area contributed by atoms with Crippen LogP contribution < -0.4 is 15.2 Å². The van der Waals surface area contributed by atoms with E-state index >= 15 is 0 Å². The van der Waals surface area contributed by atoms with Gasteiger partial charge in [-0.05, 0) is 68.8 Å². The molecule has 0 unspecified atom stereocenters. The van der Waals surface area contributed by atoms with Crippen molar-refractivity contribution in [3.8, 4) is 11.5 Å². The summed E-state index contributed by atoms with van der Waals surface area (Å²) in [6.45, 7) is 9.66. The first-order chi connectivity index (χ1) is 16.4. The number of hydrogen-bond donors (Lipinski definition) is 1. The van der Waals surface area contributed by atoms with Gasteiger partial charge in [0.1, 0.15) is 17.3 Å². The van der Waals surface area contributed by atoms with Gasteiger partial charge in [-0.3, -0.25) is 9.69 Å². The second kappa shape index (κ2) is 10.3. The molecule has 0 saturated carbocycles. The zero-order valence-electron chi connectivity index (χ0n) is 20.0. The summed E-state index contributed by atoms with van der Waals surface area (Å²) in [5.41, 5.74) is 2.87. The average Bonchev–Trinajstić information content (AvgIpc) is 2.83. The van der Waals surface area contributed by atoms with Crippen molar-refractivity contribution in [3.05, 3.63) is 87.6 Å². The maximum absolute atomic E-state index is 13.5. The fourth-order valence-electron chi connectivity index (χ4n) is 4.78. The van der Waals surface area contributed by atoms with Crippen LogP contribution in [0.25, 0.3) is 0 Å². The van der Waals surface area contributed by atoms with Crippen molar-refractivity contribution < 1.29 is 14.2 Å². The number of rotatable bonds is 7. The standard InChI is InChI=1S/C27H32FN3O3/c1-4-31-19(3)18-24(32)25(27(31)33)26(20-6-12-23(13-7-20)34-5-2)30-16-14-29(15-17-30)22-10-8-21(28)9-11-22/h6-13,18,26,32H,4-5,14-17H2,1-3H3/t26-/m1/s1. The van der Waals surface area contributed by atoms with Crippen LogP contribution in [0, 0.1) is 12.7 Å². The molecular weight excluding hydrogens is 433 g/mol. The largest absolute Gasteiger partial charge is 0.507 e. The summed E-state index contributed by atoms with van der Waals surface area (Å²) >= 11 is 0. The van der Waals surface area contributed by atoms with Gasteiger partial charge in [-0.15, -0.1) is 0 Å². The topological polar surface area (TPSA) is 57.9 Å². The number of anilines is 1. The third kappa shape index (κ3) is 4.80. The molecule has 2 aromatic carbocycles. The molecule has 1 saturated heterocycles. The number of nitrogens with zero attached hydrogens (tertiary/aromatic N) is 3. The number of aryl methyl sites for hydroxylation is 1. The van der Waals surface area contributed by atoms with Crippen LogP contribution in [0.5, 0.6) is 11.5 Å². The van der Waals surface area contributed by atoms with Gasteiger partial charge < -0.3 is 19.3 Å². The van der Waals surface area contributed by atoms with E-state index in [2.05, 4.69) is 9.80 Å². The third-order valence-corrected chi connectivity index (χ3v) is 6.49. The van der Waals surface area contributed by atoms with E-state index in [1.165, 1.54) is 12.1 Å². The van der Waals surface area contributed by atoms with Crippen LogP contribution in [0.1, 0.15) is 36.7 Å². The minimum absolute atomic E-state index is 0.0204.